The average molecular weight is 391 g/mol. The molecule has 5 heteroatoms. The number of cyclic esters (lactones) is 1. The van der Waals surface area contributed by atoms with Crippen molar-refractivity contribution in [2.45, 2.75) is 30.7 Å². The first-order valence-corrected chi connectivity index (χ1v) is 7.13. The van der Waals surface area contributed by atoms with Gasteiger partial charge in [0.25, 0.3) is 0 Å². The minimum absolute atomic E-state index is 0.221. The number of hydrogen-bond donors (Lipinski definition) is 0. The van der Waals surface area contributed by atoms with E-state index in [2.05, 4.69) is 54.7 Å². The van der Waals surface area contributed by atoms with E-state index in [4.69, 9.17) is 4.74 Å². The molecule has 1 rings (SSSR count). The molecule has 2 nitrogen and oxygen atoms in total. The third kappa shape index (κ3) is 2.42. The number of hydrogen-bond acceptors (Lipinski definition) is 2. The van der Waals surface area contributed by atoms with Crippen molar-refractivity contribution in [3.8, 4) is 0 Å². The monoisotopic (exact) mass is 388 g/mol. The molecular formula is C9H11Br3O2. The van der Waals surface area contributed by atoms with Gasteiger partial charge in [0.2, 0.25) is 4.51 Å². The van der Waals surface area contributed by atoms with Crippen LogP contribution in [-0.4, -0.2) is 15.8 Å². The van der Waals surface area contributed by atoms with Crippen molar-refractivity contribution in [1.82, 2.24) is 0 Å². The first-order chi connectivity index (χ1) is 6.55. The Morgan fingerprint density at radius 3 is 2.57 bits per heavy atom. The molecule has 1 unspecified atom stereocenters. The lowest BCUT2D eigenvalue weighted by molar-refractivity contribution is -0.140. The Kier molecular flexibility index (Phi) is 4.65. The molecule has 0 bridgehead atoms. The zero-order chi connectivity index (χ0) is 10.8. The second-order valence-corrected chi connectivity index (χ2v) is 5.78. The quantitative estimate of drug-likeness (QED) is 0.538. The molecule has 80 valence electrons. The number of unbranched alkanes of at least 4 members (excludes halogenated alkanes) is 1. The standard InChI is InChI=1S/C9H11Br3O2/c1-2-3-4-6-7(11)9(12,5-10)14-8(6)13/h2-5H2,1H3. The Bertz CT molecular complexity index is 275. The van der Waals surface area contributed by atoms with Gasteiger partial charge in [-0.15, -0.1) is 0 Å². The number of carbonyl (C=O) groups is 1. The number of rotatable bonds is 4. The van der Waals surface area contributed by atoms with E-state index < -0.39 is 4.51 Å². The Morgan fingerprint density at radius 2 is 2.14 bits per heavy atom. The highest BCUT2D eigenvalue weighted by Gasteiger charge is 2.43. The van der Waals surface area contributed by atoms with Crippen molar-refractivity contribution in [2.24, 2.45) is 0 Å². The fourth-order valence-electron chi connectivity index (χ4n) is 1.22. The van der Waals surface area contributed by atoms with Crippen LogP contribution in [-0.2, 0) is 9.53 Å². The minimum Gasteiger partial charge on any atom is -0.438 e. The molecule has 0 saturated carbocycles. The third-order valence-corrected chi connectivity index (χ3v) is 6.08. The lowest BCUT2D eigenvalue weighted by Gasteiger charge is -2.17. The van der Waals surface area contributed by atoms with Gasteiger partial charge in [0, 0.05) is 0 Å². The second-order valence-electron chi connectivity index (χ2n) is 3.15. The van der Waals surface area contributed by atoms with Crippen molar-refractivity contribution < 1.29 is 9.53 Å². The van der Waals surface area contributed by atoms with Gasteiger partial charge in [0.1, 0.15) is 0 Å². The molecule has 0 saturated heterocycles. The van der Waals surface area contributed by atoms with Gasteiger partial charge in [-0.1, -0.05) is 29.3 Å². The van der Waals surface area contributed by atoms with Crippen LogP contribution < -0.4 is 0 Å². The van der Waals surface area contributed by atoms with Crippen LogP contribution in [0.2, 0.25) is 0 Å². The van der Waals surface area contributed by atoms with E-state index in [1.165, 1.54) is 0 Å². The number of alkyl halides is 2. The van der Waals surface area contributed by atoms with Crippen LogP contribution in [0.3, 0.4) is 0 Å². The molecule has 1 atom stereocenters. The summed E-state index contributed by atoms with van der Waals surface area (Å²) in [6.07, 6.45) is 2.85. The highest BCUT2D eigenvalue weighted by atomic mass is 79.9. The van der Waals surface area contributed by atoms with Crippen LogP contribution >= 0.6 is 47.8 Å². The van der Waals surface area contributed by atoms with Crippen LogP contribution in [0, 0.1) is 0 Å². The first kappa shape index (κ1) is 12.7. The van der Waals surface area contributed by atoms with Gasteiger partial charge in [-0.3, -0.25) is 0 Å². The molecule has 0 amide bonds. The topological polar surface area (TPSA) is 26.3 Å². The molecule has 0 aromatic carbocycles. The summed E-state index contributed by atoms with van der Waals surface area (Å²) < 4.78 is 5.36. The van der Waals surface area contributed by atoms with Crippen LogP contribution in [0.25, 0.3) is 0 Å². The summed E-state index contributed by atoms with van der Waals surface area (Å²) in [7, 11) is 0. The SMILES string of the molecule is CCCCC1=C(Br)C(Br)(CBr)OC1=O. The Balaban J connectivity index is 2.84. The van der Waals surface area contributed by atoms with Crippen molar-refractivity contribution >= 4 is 53.8 Å². The van der Waals surface area contributed by atoms with E-state index in [1.54, 1.807) is 0 Å². The lowest BCUT2D eigenvalue weighted by Crippen LogP contribution is -2.23. The molecule has 0 spiro atoms. The number of esters is 1. The molecule has 14 heavy (non-hydrogen) atoms. The second kappa shape index (κ2) is 5.12. The fraction of sp³-hybridized carbons (Fsp3) is 0.667. The van der Waals surface area contributed by atoms with Gasteiger partial charge in [0.05, 0.1) is 15.4 Å². The Labute approximate surface area is 109 Å². The summed E-state index contributed by atoms with van der Waals surface area (Å²) in [5, 5.41) is 0.544. The van der Waals surface area contributed by atoms with Crippen LogP contribution in [0.1, 0.15) is 26.2 Å². The zero-order valence-corrected chi connectivity index (χ0v) is 12.5. The summed E-state index contributed by atoms with van der Waals surface area (Å²) >= 11 is 10.1. The van der Waals surface area contributed by atoms with Crippen molar-refractivity contribution in [2.75, 3.05) is 5.33 Å². The normalized spacial score (nSPS) is 27.0. The number of carbonyl (C=O) groups excluding carboxylic acids is 1. The molecule has 1 heterocycles. The molecule has 1 aliphatic rings. The molecule has 0 fully saturated rings. The lowest BCUT2D eigenvalue weighted by atomic mass is 10.1. The maximum Gasteiger partial charge on any atom is 0.336 e. The highest BCUT2D eigenvalue weighted by Crippen LogP contribution is 2.44. The smallest absolute Gasteiger partial charge is 0.336 e. The molecule has 1 aliphatic heterocycles. The van der Waals surface area contributed by atoms with E-state index in [-0.39, 0.29) is 5.97 Å². The molecular weight excluding hydrogens is 380 g/mol. The minimum atomic E-state index is -0.687. The molecule has 0 radical (unpaired) electrons. The van der Waals surface area contributed by atoms with Crippen molar-refractivity contribution in [3.05, 3.63) is 10.1 Å². The predicted molar refractivity (Wildman–Crippen MR) is 67.0 cm³/mol. The van der Waals surface area contributed by atoms with Gasteiger partial charge < -0.3 is 4.74 Å². The van der Waals surface area contributed by atoms with Crippen molar-refractivity contribution in [3.63, 3.8) is 0 Å². The van der Waals surface area contributed by atoms with Gasteiger partial charge in [-0.05, 0) is 44.7 Å². The summed E-state index contributed by atoms with van der Waals surface area (Å²) in [5.41, 5.74) is 0.753. The predicted octanol–water partition coefficient (Wildman–Crippen LogP) is 3.87. The summed E-state index contributed by atoms with van der Waals surface area (Å²) in [6.45, 7) is 2.10. The van der Waals surface area contributed by atoms with E-state index in [1.807, 2.05) is 0 Å². The van der Waals surface area contributed by atoms with Crippen LogP contribution in [0.15, 0.2) is 10.1 Å². The first-order valence-electron chi connectivity index (χ1n) is 4.42. The van der Waals surface area contributed by atoms with E-state index in [0.717, 1.165) is 29.3 Å². The maximum atomic E-state index is 11.5. The van der Waals surface area contributed by atoms with Crippen molar-refractivity contribution in [1.29, 1.82) is 0 Å². The van der Waals surface area contributed by atoms with Gasteiger partial charge in [-0.25, -0.2) is 4.79 Å². The van der Waals surface area contributed by atoms with E-state index >= 15 is 0 Å². The van der Waals surface area contributed by atoms with E-state index in [9.17, 15) is 4.79 Å². The Morgan fingerprint density at radius 1 is 1.50 bits per heavy atom. The Hall–Kier alpha value is 0.650. The van der Waals surface area contributed by atoms with Gasteiger partial charge in [-0.2, -0.15) is 0 Å². The number of halogens is 3. The van der Waals surface area contributed by atoms with Gasteiger partial charge >= 0.3 is 5.97 Å². The summed E-state index contributed by atoms with van der Waals surface area (Å²) in [5.74, 6) is -0.221. The molecule has 0 aromatic rings. The molecule has 0 aromatic heterocycles. The molecule has 0 aliphatic carbocycles. The summed E-state index contributed by atoms with van der Waals surface area (Å²) in [6, 6.07) is 0. The summed E-state index contributed by atoms with van der Waals surface area (Å²) in [4.78, 5) is 11.5. The number of ether oxygens (including phenoxy) is 1. The van der Waals surface area contributed by atoms with Gasteiger partial charge in [0.15, 0.2) is 0 Å². The van der Waals surface area contributed by atoms with Crippen LogP contribution in [0.5, 0.6) is 0 Å². The third-order valence-electron chi connectivity index (χ3n) is 2.05. The largest absolute Gasteiger partial charge is 0.438 e. The van der Waals surface area contributed by atoms with Crippen LogP contribution in [0.4, 0.5) is 0 Å². The maximum absolute atomic E-state index is 11.5. The zero-order valence-electron chi connectivity index (χ0n) is 7.78. The fourth-order valence-corrected chi connectivity index (χ4v) is 2.96. The molecule has 0 N–H and O–H groups in total. The van der Waals surface area contributed by atoms with E-state index in [0.29, 0.717) is 5.33 Å². The highest BCUT2D eigenvalue weighted by molar-refractivity contribution is 9.15. The average Bonchev–Trinajstić information content (AvgIpc) is 2.37.